The van der Waals surface area contributed by atoms with Crippen molar-refractivity contribution in [3.05, 3.63) is 64.9 Å². The number of carbonyl (C=O) groups is 3. The van der Waals surface area contributed by atoms with E-state index in [1.165, 1.54) is 42.4 Å². The molecular weight excluding hydrogens is 589 g/mol. The van der Waals surface area contributed by atoms with Crippen LogP contribution >= 0.6 is 11.6 Å². The molecule has 13 heteroatoms. The molecule has 0 spiro atoms. The molecule has 228 valence electrons. The smallest absolute Gasteiger partial charge is 0.408 e. The van der Waals surface area contributed by atoms with Gasteiger partial charge in [0, 0.05) is 12.1 Å². The van der Waals surface area contributed by atoms with Gasteiger partial charge in [-0.1, -0.05) is 35.9 Å². The van der Waals surface area contributed by atoms with Crippen LogP contribution in [-0.4, -0.2) is 58.5 Å². The van der Waals surface area contributed by atoms with Crippen LogP contribution in [-0.2, 0) is 30.9 Å². The second-order valence-corrected chi connectivity index (χ2v) is 15.0. The van der Waals surface area contributed by atoms with Crippen LogP contribution in [0.3, 0.4) is 0 Å². The molecule has 42 heavy (non-hydrogen) atoms. The third kappa shape index (κ3) is 6.11. The van der Waals surface area contributed by atoms with Crippen molar-refractivity contribution < 1.29 is 37.0 Å². The molecule has 10 nitrogen and oxygen atoms in total. The number of alkyl carbamates (subject to hydrolysis) is 1. The van der Waals surface area contributed by atoms with Gasteiger partial charge in [0.15, 0.2) is 0 Å². The lowest BCUT2D eigenvalue weighted by molar-refractivity contribution is -0.203. The van der Waals surface area contributed by atoms with Crippen LogP contribution in [0.15, 0.2) is 53.4 Å². The summed E-state index contributed by atoms with van der Waals surface area (Å²) in [7, 11) is -4.05. The fraction of sp³-hybridized carbons (Fsp3) is 0.483. The Labute approximate surface area is 249 Å². The first-order chi connectivity index (χ1) is 19.3. The minimum atomic E-state index is -4.05. The standard InChI is InChI=1S/C29H35ClFN3O7S/c1-26(2,3)41-25(38)33-27(4,5)22(23(35)36)32-24(37)28-15-29(16-28,17-28)34(14-18-11-12-20(30)21(31)13-18)42(39,40)19-9-7-6-8-10-19/h6-13,22H,14-17H2,1-5H3,(H,32,37)(H,33,38)(H,35,36). The Morgan fingerprint density at radius 1 is 1.07 bits per heavy atom. The number of hydrogen-bond donors (Lipinski definition) is 3. The molecule has 0 radical (unpaired) electrons. The summed E-state index contributed by atoms with van der Waals surface area (Å²) in [5, 5.41) is 14.9. The zero-order chi connectivity index (χ0) is 31.3. The predicted molar refractivity (Wildman–Crippen MR) is 153 cm³/mol. The molecule has 2 aromatic carbocycles. The number of carbonyl (C=O) groups excluding carboxylic acids is 2. The summed E-state index contributed by atoms with van der Waals surface area (Å²) < 4.78 is 48.4. The molecule has 5 rings (SSSR count). The Morgan fingerprint density at radius 3 is 2.19 bits per heavy atom. The van der Waals surface area contributed by atoms with Crippen molar-refractivity contribution in [3.63, 3.8) is 0 Å². The van der Waals surface area contributed by atoms with Gasteiger partial charge < -0.3 is 20.5 Å². The predicted octanol–water partition coefficient (Wildman–Crippen LogP) is 4.47. The monoisotopic (exact) mass is 623 g/mol. The number of hydrogen-bond acceptors (Lipinski definition) is 6. The van der Waals surface area contributed by atoms with E-state index in [1.807, 2.05) is 0 Å². The van der Waals surface area contributed by atoms with Gasteiger partial charge in [0.1, 0.15) is 17.5 Å². The van der Waals surface area contributed by atoms with E-state index in [0.717, 1.165) is 0 Å². The lowest BCUT2D eigenvalue weighted by atomic mass is 9.39. The van der Waals surface area contributed by atoms with Crippen molar-refractivity contribution in [1.29, 1.82) is 0 Å². The summed E-state index contributed by atoms with van der Waals surface area (Å²) in [5.41, 5.74) is -3.74. The molecule has 1 atom stereocenters. The average Bonchev–Trinajstić information content (AvgIpc) is 2.81. The van der Waals surface area contributed by atoms with Crippen molar-refractivity contribution in [3.8, 4) is 0 Å². The van der Waals surface area contributed by atoms with Crippen LogP contribution in [0.2, 0.25) is 5.02 Å². The third-order valence-electron chi connectivity index (χ3n) is 7.72. The Hall–Kier alpha value is -3.22. The molecule has 2 amide bonds. The number of nitrogens with one attached hydrogen (secondary N) is 2. The zero-order valence-electron chi connectivity index (χ0n) is 24.0. The van der Waals surface area contributed by atoms with Gasteiger partial charge in [-0.3, -0.25) is 4.79 Å². The van der Waals surface area contributed by atoms with Crippen LogP contribution in [0, 0.1) is 11.2 Å². The van der Waals surface area contributed by atoms with Crippen LogP contribution in [0.25, 0.3) is 0 Å². The van der Waals surface area contributed by atoms with Crippen molar-refractivity contribution >= 4 is 39.6 Å². The molecule has 3 N–H and O–H groups in total. The number of benzene rings is 2. The van der Waals surface area contributed by atoms with Crippen LogP contribution in [0.1, 0.15) is 59.4 Å². The van der Waals surface area contributed by atoms with Crippen molar-refractivity contribution in [1.82, 2.24) is 14.9 Å². The molecular formula is C29H35ClFN3O7S. The maximum atomic E-state index is 14.2. The summed E-state index contributed by atoms with van der Waals surface area (Å²) in [5.74, 6) is -2.59. The summed E-state index contributed by atoms with van der Waals surface area (Å²) in [6.45, 7) is 7.77. The number of aliphatic carboxylic acids is 1. The lowest BCUT2D eigenvalue weighted by Gasteiger charge is -2.72. The number of carboxylic acid groups (broad SMARTS) is 1. The van der Waals surface area contributed by atoms with Gasteiger partial charge in [-0.2, -0.15) is 4.31 Å². The highest BCUT2D eigenvalue weighted by Crippen LogP contribution is 2.71. The first-order valence-corrected chi connectivity index (χ1v) is 15.2. The normalized spacial score (nSPS) is 22.4. The molecule has 3 fully saturated rings. The van der Waals surface area contributed by atoms with E-state index < -0.39 is 61.9 Å². The van der Waals surface area contributed by atoms with Crippen LogP contribution in [0.4, 0.5) is 9.18 Å². The summed E-state index contributed by atoms with van der Waals surface area (Å²) in [6.07, 6.45) is -0.376. The molecule has 0 heterocycles. The van der Waals surface area contributed by atoms with Gasteiger partial charge in [-0.15, -0.1) is 0 Å². The highest BCUT2D eigenvalue weighted by Gasteiger charge is 2.75. The molecule has 3 aliphatic carbocycles. The lowest BCUT2D eigenvalue weighted by Crippen LogP contribution is -2.79. The molecule has 2 bridgehead atoms. The van der Waals surface area contributed by atoms with Crippen molar-refractivity contribution in [2.75, 3.05) is 0 Å². The fourth-order valence-electron chi connectivity index (χ4n) is 5.74. The highest BCUT2D eigenvalue weighted by molar-refractivity contribution is 7.89. The summed E-state index contributed by atoms with van der Waals surface area (Å²) >= 11 is 5.82. The van der Waals surface area contributed by atoms with E-state index in [0.29, 0.717) is 5.56 Å². The number of amides is 2. The number of ether oxygens (including phenoxy) is 1. The first-order valence-electron chi connectivity index (χ1n) is 13.4. The van der Waals surface area contributed by atoms with E-state index in [4.69, 9.17) is 16.3 Å². The number of nitrogens with zero attached hydrogens (tertiary/aromatic N) is 1. The van der Waals surface area contributed by atoms with Crippen molar-refractivity contribution in [2.24, 2.45) is 5.41 Å². The Balaban J connectivity index is 1.54. The zero-order valence-corrected chi connectivity index (χ0v) is 25.6. The molecule has 0 saturated heterocycles. The quantitative estimate of drug-likeness (QED) is 0.355. The van der Waals surface area contributed by atoms with E-state index in [1.54, 1.807) is 45.0 Å². The van der Waals surface area contributed by atoms with Crippen LogP contribution < -0.4 is 10.6 Å². The van der Waals surface area contributed by atoms with E-state index in [-0.39, 0.29) is 35.7 Å². The van der Waals surface area contributed by atoms with Gasteiger partial charge in [-0.05, 0) is 83.7 Å². The van der Waals surface area contributed by atoms with E-state index >= 15 is 0 Å². The topological polar surface area (TPSA) is 142 Å². The minimum absolute atomic E-state index is 0.0589. The van der Waals surface area contributed by atoms with Gasteiger partial charge in [0.25, 0.3) is 0 Å². The number of carboxylic acids is 1. The van der Waals surface area contributed by atoms with E-state index in [9.17, 15) is 32.3 Å². The highest BCUT2D eigenvalue weighted by atomic mass is 35.5. The number of rotatable bonds is 10. The Morgan fingerprint density at radius 2 is 1.67 bits per heavy atom. The molecule has 0 aliphatic heterocycles. The van der Waals surface area contributed by atoms with E-state index in [2.05, 4.69) is 10.6 Å². The first kappa shape index (κ1) is 31.7. The summed E-state index contributed by atoms with van der Waals surface area (Å²) in [6, 6.07) is 10.4. The third-order valence-corrected chi connectivity index (χ3v) is 9.99. The molecule has 3 aliphatic rings. The molecule has 1 unspecified atom stereocenters. The molecule has 0 aromatic heterocycles. The molecule has 2 aromatic rings. The maximum absolute atomic E-state index is 14.2. The van der Waals surface area contributed by atoms with Crippen LogP contribution in [0.5, 0.6) is 0 Å². The second kappa shape index (κ2) is 10.8. The van der Waals surface area contributed by atoms with Gasteiger partial charge in [0.05, 0.1) is 20.9 Å². The Kier molecular flexibility index (Phi) is 8.16. The maximum Gasteiger partial charge on any atom is 0.408 e. The number of halogens is 2. The van der Waals surface area contributed by atoms with Gasteiger partial charge in [0.2, 0.25) is 15.9 Å². The largest absolute Gasteiger partial charge is 0.480 e. The minimum Gasteiger partial charge on any atom is -0.480 e. The van der Waals surface area contributed by atoms with Gasteiger partial charge in [-0.25, -0.2) is 22.4 Å². The van der Waals surface area contributed by atoms with Crippen molar-refractivity contribution in [2.45, 2.75) is 88.0 Å². The average molecular weight is 624 g/mol. The SMILES string of the molecule is CC(C)(C)OC(=O)NC(C)(C)C(NC(=O)C12CC(N(Cc3ccc(Cl)c(F)c3)S(=O)(=O)c3ccccc3)(C1)C2)C(=O)O. The second-order valence-electron chi connectivity index (χ2n) is 12.7. The van der Waals surface area contributed by atoms with Gasteiger partial charge >= 0.3 is 12.1 Å². The summed E-state index contributed by atoms with van der Waals surface area (Å²) in [4.78, 5) is 38.0. The fourth-order valence-corrected chi connectivity index (χ4v) is 7.64. The number of sulfonamides is 1. The molecule has 3 saturated carbocycles. The Bertz CT molecular complexity index is 1490.